The fourth-order valence-electron chi connectivity index (χ4n) is 0.977. The third-order valence-corrected chi connectivity index (χ3v) is 2.02. The van der Waals surface area contributed by atoms with Crippen molar-refractivity contribution in [2.24, 2.45) is 0 Å². The van der Waals surface area contributed by atoms with E-state index in [1.165, 1.54) is 6.07 Å². The summed E-state index contributed by atoms with van der Waals surface area (Å²) in [7, 11) is 0. The predicted octanol–water partition coefficient (Wildman–Crippen LogP) is 2.22. The Balaban J connectivity index is 3.20. The molecule has 82 valence electrons. The summed E-state index contributed by atoms with van der Waals surface area (Å²) in [4.78, 5) is 10.2. The molecule has 0 unspecified atom stereocenters. The maximum atomic E-state index is 12.4. The Bertz CT molecular complexity index is 392. The number of carboxylic acid groups (broad SMARTS) is 1. The zero-order valence-electron chi connectivity index (χ0n) is 7.06. The molecule has 0 atom stereocenters. The Labute approximate surface area is 91.0 Å². The average molecular weight is 283 g/mol. The van der Waals surface area contributed by atoms with E-state index in [2.05, 4.69) is 15.9 Å². The maximum absolute atomic E-state index is 12.4. The molecule has 0 saturated carbocycles. The van der Waals surface area contributed by atoms with E-state index in [1.807, 2.05) is 0 Å². The van der Waals surface area contributed by atoms with Gasteiger partial charge in [-0.25, -0.2) is 0 Å². The lowest BCUT2D eigenvalue weighted by Crippen LogP contribution is -2.29. The molecule has 0 aromatic heterocycles. The van der Waals surface area contributed by atoms with E-state index in [-0.39, 0.29) is 0 Å². The summed E-state index contributed by atoms with van der Waals surface area (Å²) < 4.78 is 37.4. The zero-order chi connectivity index (χ0) is 11.6. The number of rotatable bonds is 1. The van der Waals surface area contributed by atoms with Crippen LogP contribution in [-0.4, -0.2) is 6.09 Å². The summed E-state index contributed by atoms with van der Waals surface area (Å²) in [5.74, 6) is 0. The molecule has 0 heterocycles. The largest absolute Gasteiger partial charge is 0.530 e. The minimum atomic E-state index is -4.61. The molecule has 1 N–H and O–H groups in total. The van der Waals surface area contributed by atoms with E-state index >= 15 is 0 Å². The van der Waals surface area contributed by atoms with Gasteiger partial charge in [0, 0.05) is 4.47 Å². The number of hydrogen-bond acceptors (Lipinski definition) is 2. The van der Waals surface area contributed by atoms with Crippen LogP contribution in [0.2, 0.25) is 0 Å². The summed E-state index contributed by atoms with van der Waals surface area (Å²) in [6.07, 6.45) is -6.41. The minimum absolute atomic E-state index is 0.333. The van der Waals surface area contributed by atoms with Crippen LogP contribution in [0.3, 0.4) is 0 Å². The lowest BCUT2D eigenvalue weighted by Gasteiger charge is -2.14. The molecule has 1 aromatic rings. The first-order valence-electron chi connectivity index (χ1n) is 3.65. The highest BCUT2D eigenvalue weighted by atomic mass is 79.9. The van der Waals surface area contributed by atoms with Gasteiger partial charge in [0.15, 0.2) is 0 Å². The molecule has 0 saturated heterocycles. The van der Waals surface area contributed by atoms with E-state index in [0.717, 1.165) is 12.1 Å². The summed E-state index contributed by atoms with van der Waals surface area (Å²) in [6, 6.07) is 2.96. The van der Waals surface area contributed by atoms with Crippen LogP contribution in [0.25, 0.3) is 0 Å². The van der Waals surface area contributed by atoms with Crippen LogP contribution < -0.4 is 10.4 Å². The molecule has 0 aliphatic heterocycles. The van der Waals surface area contributed by atoms with Crippen molar-refractivity contribution in [2.45, 2.75) is 6.18 Å². The second-order valence-corrected chi connectivity index (χ2v) is 3.52. The molecule has 3 nitrogen and oxygen atoms in total. The van der Waals surface area contributed by atoms with Crippen LogP contribution in [0.5, 0.6) is 0 Å². The number of carbonyl (C=O) groups excluding carboxylic acids is 1. The predicted molar refractivity (Wildman–Crippen MR) is 48.2 cm³/mol. The maximum Gasteiger partial charge on any atom is 0.418 e. The van der Waals surface area contributed by atoms with Crippen LogP contribution in [0.4, 0.5) is 23.7 Å². The van der Waals surface area contributed by atoms with Crippen molar-refractivity contribution < 1.29 is 23.1 Å². The van der Waals surface area contributed by atoms with Crippen LogP contribution in [0, 0.1) is 0 Å². The number of amides is 1. The van der Waals surface area contributed by atoms with Gasteiger partial charge >= 0.3 is 6.18 Å². The first-order chi connectivity index (χ1) is 6.80. The monoisotopic (exact) mass is 282 g/mol. The number of hydrogen-bond donors (Lipinski definition) is 1. The van der Waals surface area contributed by atoms with Crippen LogP contribution in [0.15, 0.2) is 22.7 Å². The molecule has 0 radical (unpaired) electrons. The third-order valence-electron chi connectivity index (χ3n) is 1.52. The number of benzene rings is 1. The first-order valence-corrected chi connectivity index (χ1v) is 4.45. The quantitative estimate of drug-likeness (QED) is 0.859. The highest BCUT2D eigenvalue weighted by Crippen LogP contribution is 2.36. The smallest absolute Gasteiger partial charge is 0.418 e. The van der Waals surface area contributed by atoms with Gasteiger partial charge in [0.05, 0.1) is 11.3 Å². The Morgan fingerprint density at radius 2 is 2.00 bits per heavy atom. The molecule has 1 rings (SSSR count). The number of anilines is 1. The number of alkyl halides is 3. The van der Waals surface area contributed by atoms with Gasteiger partial charge in [0.2, 0.25) is 0 Å². The summed E-state index contributed by atoms with van der Waals surface area (Å²) in [5, 5.41) is 11.7. The van der Waals surface area contributed by atoms with Crippen molar-refractivity contribution in [1.82, 2.24) is 0 Å². The average Bonchev–Trinajstić information content (AvgIpc) is 1.99. The Hall–Kier alpha value is -1.24. The van der Waals surface area contributed by atoms with Gasteiger partial charge in [-0.1, -0.05) is 15.9 Å². The highest BCUT2D eigenvalue weighted by molar-refractivity contribution is 9.10. The fraction of sp³-hybridized carbons (Fsp3) is 0.125. The molecular formula is C8H4BrF3NO2-. The van der Waals surface area contributed by atoms with E-state index in [9.17, 15) is 23.1 Å². The van der Waals surface area contributed by atoms with E-state index in [1.54, 1.807) is 5.32 Å². The molecular weight excluding hydrogens is 279 g/mol. The molecule has 0 aliphatic rings. The normalized spacial score (nSPS) is 11.2. The Morgan fingerprint density at radius 1 is 1.40 bits per heavy atom. The van der Waals surface area contributed by atoms with Crippen molar-refractivity contribution in [2.75, 3.05) is 5.32 Å². The summed E-state index contributed by atoms with van der Waals surface area (Å²) in [5.41, 5.74) is -1.62. The van der Waals surface area contributed by atoms with Gasteiger partial charge < -0.3 is 15.2 Å². The van der Waals surface area contributed by atoms with Crippen molar-refractivity contribution in [1.29, 1.82) is 0 Å². The molecule has 15 heavy (non-hydrogen) atoms. The number of halogens is 4. The zero-order valence-corrected chi connectivity index (χ0v) is 8.65. The van der Waals surface area contributed by atoms with Gasteiger partial charge in [-0.15, -0.1) is 0 Å². The lowest BCUT2D eigenvalue weighted by atomic mass is 10.1. The van der Waals surface area contributed by atoms with Crippen LogP contribution >= 0.6 is 15.9 Å². The molecule has 0 aliphatic carbocycles. The standard InChI is InChI=1S/C8H5BrF3NO2/c9-4-1-2-5(8(10,11)12)6(3-4)13-7(14)15/h1-3,13H,(H,14,15)/p-1. The topological polar surface area (TPSA) is 52.2 Å². The van der Waals surface area contributed by atoms with Crippen molar-refractivity contribution in [3.05, 3.63) is 28.2 Å². The van der Waals surface area contributed by atoms with Gasteiger partial charge in [-0.3, -0.25) is 0 Å². The van der Waals surface area contributed by atoms with E-state index < -0.39 is 23.5 Å². The number of nitrogens with one attached hydrogen (secondary N) is 1. The summed E-state index contributed by atoms with van der Waals surface area (Å²) >= 11 is 2.93. The van der Waals surface area contributed by atoms with Crippen molar-refractivity contribution in [3.8, 4) is 0 Å². The van der Waals surface area contributed by atoms with E-state index in [0.29, 0.717) is 4.47 Å². The summed E-state index contributed by atoms with van der Waals surface area (Å²) in [6.45, 7) is 0. The molecule has 0 bridgehead atoms. The van der Waals surface area contributed by atoms with Crippen molar-refractivity contribution in [3.63, 3.8) is 0 Å². The fourth-order valence-corrected chi connectivity index (χ4v) is 1.34. The van der Waals surface area contributed by atoms with Gasteiger partial charge in [0.25, 0.3) is 0 Å². The minimum Gasteiger partial charge on any atom is -0.530 e. The first kappa shape index (κ1) is 11.8. The Kier molecular flexibility index (Phi) is 3.23. The van der Waals surface area contributed by atoms with Gasteiger partial charge in [0.1, 0.15) is 6.09 Å². The second-order valence-electron chi connectivity index (χ2n) is 2.60. The SMILES string of the molecule is O=C([O-])Nc1cc(Br)ccc1C(F)(F)F. The van der Waals surface area contributed by atoms with Crippen LogP contribution in [0.1, 0.15) is 5.56 Å². The Morgan fingerprint density at radius 3 is 2.47 bits per heavy atom. The van der Waals surface area contributed by atoms with Gasteiger partial charge in [-0.05, 0) is 18.2 Å². The number of carbonyl (C=O) groups is 1. The van der Waals surface area contributed by atoms with Crippen molar-refractivity contribution >= 4 is 27.7 Å². The third kappa shape index (κ3) is 3.12. The molecule has 0 spiro atoms. The van der Waals surface area contributed by atoms with E-state index in [4.69, 9.17) is 0 Å². The second kappa shape index (κ2) is 4.09. The molecule has 7 heteroatoms. The highest BCUT2D eigenvalue weighted by Gasteiger charge is 2.33. The lowest BCUT2D eigenvalue weighted by molar-refractivity contribution is -0.242. The molecule has 0 fully saturated rings. The molecule has 1 aromatic carbocycles. The van der Waals surface area contributed by atoms with Crippen LogP contribution in [-0.2, 0) is 6.18 Å². The van der Waals surface area contributed by atoms with Gasteiger partial charge in [-0.2, -0.15) is 13.2 Å². The molecule has 1 amide bonds.